The second kappa shape index (κ2) is 8.25. The van der Waals surface area contributed by atoms with Crippen molar-refractivity contribution in [3.8, 4) is 11.5 Å². The van der Waals surface area contributed by atoms with Crippen LogP contribution in [-0.2, 0) is 13.2 Å². The molecule has 0 aliphatic rings. The first kappa shape index (κ1) is 16.1. The minimum Gasteiger partial charge on any atom is -0.493 e. The number of benzene rings is 2. The summed E-state index contributed by atoms with van der Waals surface area (Å²) in [6.07, 6.45) is 1.84. The maximum Gasteiger partial charge on any atom is 0.166 e. The van der Waals surface area contributed by atoms with E-state index in [9.17, 15) is 0 Å². The first-order valence-electron chi connectivity index (χ1n) is 7.40. The molecule has 0 saturated heterocycles. The first-order chi connectivity index (χ1) is 10.7. The summed E-state index contributed by atoms with van der Waals surface area (Å²) < 4.78 is 11.5. The third-order valence-corrected chi connectivity index (χ3v) is 3.39. The van der Waals surface area contributed by atoms with Crippen molar-refractivity contribution in [1.82, 2.24) is 5.32 Å². The van der Waals surface area contributed by atoms with E-state index in [2.05, 4.69) is 43.1 Å². The molecule has 0 aliphatic carbocycles. The Balaban J connectivity index is 2.12. The molecule has 0 radical (unpaired) electrons. The SMILES string of the molecule is C=CCNCc1cccc(OC)c1OCc1ccc(C)cc1. The van der Waals surface area contributed by atoms with Gasteiger partial charge in [0.25, 0.3) is 0 Å². The van der Waals surface area contributed by atoms with Gasteiger partial charge in [0.2, 0.25) is 0 Å². The Morgan fingerprint density at radius 3 is 2.59 bits per heavy atom. The van der Waals surface area contributed by atoms with E-state index in [0.29, 0.717) is 13.2 Å². The second-order valence-electron chi connectivity index (χ2n) is 5.14. The standard InChI is InChI=1S/C19H23NO2/c1-4-12-20-13-17-6-5-7-18(21-3)19(17)22-14-16-10-8-15(2)9-11-16/h4-11,20H,1,12-14H2,2-3H3. The number of methoxy groups -OCH3 is 1. The minimum atomic E-state index is 0.523. The molecular formula is C19H23NO2. The van der Waals surface area contributed by atoms with E-state index in [1.165, 1.54) is 5.56 Å². The lowest BCUT2D eigenvalue weighted by Gasteiger charge is -2.15. The minimum absolute atomic E-state index is 0.523. The molecule has 0 aliphatic heterocycles. The zero-order chi connectivity index (χ0) is 15.8. The van der Waals surface area contributed by atoms with Gasteiger partial charge < -0.3 is 14.8 Å². The van der Waals surface area contributed by atoms with Crippen LogP contribution in [0, 0.1) is 6.92 Å². The summed E-state index contributed by atoms with van der Waals surface area (Å²) in [5, 5.41) is 3.30. The molecule has 0 amide bonds. The number of ether oxygens (including phenoxy) is 2. The Morgan fingerprint density at radius 1 is 1.14 bits per heavy atom. The van der Waals surface area contributed by atoms with Crippen LogP contribution >= 0.6 is 0 Å². The van der Waals surface area contributed by atoms with Gasteiger partial charge in [-0.05, 0) is 18.6 Å². The van der Waals surface area contributed by atoms with Crippen molar-refractivity contribution in [3.05, 3.63) is 71.8 Å². The highest BCUT2D eigenvalue weighted by atomic mass is 16.5. The predicted molar refractivity (Wildman–Crippen MR) is 90.4 cm³/mol. The van der Waals surface area contributed by atoms with E-state index in [0.717, 1.165) is 29.2 Å². The molecule has 0 saturated carbocycles. The highest BCUT2D eigenvalue weighted by Crippen LogP contribution is 2.31. The molecule has 1 N–H and O–H groups in total. The van der Waals surface area contributed by atoms with E-state index < -0.39 is 0 Å². The van der Waals surface area contributed by atoms with Gasteiger partial charge >= 0.3 is 0 Å². The number of aryl methyl sites for hydroxylation is 1. The van der Waals surface area contributed by atoms with Crippen LogP contribution in [0.3, 0.4) is 0 Å². The van der Waals surface area contributed by atoms with Crippen LogP contribution < -0.4 is 14.8 Å². The molecule has 0 unspecified atom stereocenters. The Labute approximate surface area is 132 Å². The summed E-state index contributed by atoms with van der Waals surface area (Å²) in [5.74, 6) is 1.55. The van der Waals surface area contributed by atoms with Crippen molar-refractivity contribution >= 4 is 0 Å². The fourth-order valence-corrected chi connectivity index (χ4v) is 2.17. The first-order valence-corrected chi connectivity index (χ1v) is 7.40. The van der Waals surface area contributed by atoms with Gasteiger partial charge in [0, 0.05) is 18.7 Å². The average Bonchev–Trinajstić information content (AvgIpc) is 2.55. The van der Waals surface area contributed by atoms with Gasteiger partial charge in [-0.15, -0.1) is 6.58 Å². The van der Waals surface area contributed by atoms with Gasteiger partial charge in [-0.2, -0.15) is 0 Å². The molecule has 0 heterocycles. The fourth-order valence-electron chi connectivity index (χ4n) is 2.17. The topological polar surface area (TPSA) is 30.5 Å². The van der Waals surface area contributed by atoms with Crippen molar-refractivity contribution < 1.29 is 9.47 Å². The molecule has 0 fully saturated rings. The molecule has 0 spiro atoms. The van der Waals surface area contributed by atoms with E-state index in [1.807, 2.05) is 24.3 Å². The molecule has 2 aromatic carbocycles. The molecule has 3 heteroatoms. The molecule has 2 aromatic rings. The Morgan fingerprint density at radius 2 is 1.91 bits per heavy atom. The Bertz CT molecular complexity index is 605. The molecule has 116 valence electrons. The van der Waals surface area contributed by atoms with Gasteiger partial charge in [0.15, 0.2) is 11.5 Å². The van der Waals surface area contributed by atoms with Crippen molar-refractivity contribution in [2.75, 3.05) is 13.7 Å². The van der Waals surface area contributed by atoms with Gasteiger partial charge in [0.1, 0.15) is 6.61 Å². The number of rotatable bonds is 8. The summed E-state index contributed by atoms with van der Waals surface area (Å²) in [4.78, 5) is 0. The fraction of sp³-hybridized carbons (Fsp3) is 0.263. The predicted octanol–water partition coefficient (Wildman–Crippen LogP) is 3.86. The van der Waals surface area contributed by atoms with Gasteiger partial charge in [-0.1, -0.05) is 48.0 Å². The maximum atomic E-state index is 6.02. The Hall–Kier alpha value is -2.26. The van der Waals surface area contributed by atoms with Gasteiger partial charge in [-0.3, -0.25) is 0 Å². The number of hydrogen-bond donors (Lipinski definition) is 1. The molecular weight excluding hydrogens is 274 g/mol. The highest BCUT2D eigenvalue weighted by Gasteiger charge is 2.10. The van der Waals surface area contributed by atoms with E-state index >= 15 is 0 Å². The van der Waals surface area contributed by atoms with Crippen LogP contribution in [0.25, 0.3) is 0 Å². The van der Waals surface area contributed by atoms with Crippen LogP contribution in [0.2, 0.25) is 0 Å². The van der Waals surface area contributed by atoms with E-state index in [-0.39, 0.29) is 0 Å². The lowest BCUT2D eigenvalue weighted by atomic mass is 10.1. The second-order valence-corrected chi connectivity index (χ2v) is 5.14. The van der Waals surface area contributed by atoms with Crippen molar-refractivity contribution in [3.63, 3.8) is 0 Å². The average molecular weight is 297 g/mol. The smallest absolute Gasteiger partial charge is 0.166 e. The number of nitrogens with one attached hydrogen (secondary N) is 1. The zero-order valence-corrected chi connectivity index (χ0v) is 13.3. The molecule has 2 rings (SSSR count). The summed E-state index contributed by atoms with van der Waals surface area (Å²) in [6, 6.07) is 14.3. The summed E-state index contributed by atoms with van der Waals surface area (Å²) in [5.41, 5.74) is 3.46. The lowest BCUT2D eigenvalue weighted by molar-refractivity contribution is 0.281. The van der Waals surface area contributed by atoms with E-state index in [1.54, 1.807) is 7.11 Å². The summed E-state index contributed by atoms with van der Waals surface area (Å²) >= 11 is 0. The molecule has 0 aromatic heterocycles. The molecule has 22 heavy (non-hydrogen) atoms. The van der Waals surface area contributed by atoms with Gasteiger partial charge in [-0.25, -0.2) is 0 Å². The highest BCUT2D eigenvalue weighted by molar-refractivity contribution is 5.46. The third kappa shape index (κ3) is 4.37. The number of hydrogen-bond acceptors (Lipinski definition) is 3. The zero-order valence-electron chi connectivity index (χ0n) is 13.3. The lowest BCUT2D eigenvalue weighted by Crippen LogP contribution is -2.14. The molecule has 0 bridgehead atoms. The maximum absolute atomic E-state index is 6.02. The summed E-state index contributed by atoms with van der Waals surface area (Å²) in [7, 11) is 1.66. The van der Waals surface area contributed by atoms with Crippen molar-refractivity contribution in [2.24, 2.45) is 0 Å². The third-order valence-electron chi connectivity index (χ3n) is 3.39. The molecule has 3 nitrogen and oxygen atoms in total. The van der Waals surface area contributed by atoms with Gasteiger partial charge in [0.05, 0.1) is 7.11 Å². The number of para-hydroxylation sites is 1. The van der Waals surface area contributed by atoms with Crippen LogP contribution in [0.15, 0.2) is 55.1 Å². The van der Waals surface area contributed by atoms with Crippen LogP contribution in [0.4, 0.5) is 0 Å². The Kier molecular flexibility index (Phi) is 6.04. The monoisotopic (exact) mass is 297 g/mol. The quantitative estimate of drug-likeness (QED) is 0.593. The van der Waals surface area contributed by atoms with Crippen LogP contribution in [-0.4, -0.2) is 13.7 Å². The normalized spacial score (nSPS) is 10.3. The van der Waals surface area contributed by atoms with E-state index in [4.69, 9.17) is 9.47 Å². The summed E-state index contributed by atoms with van der Waals surface area (Å²) in [6.45, 7) is 7.79. The van der Waals surface area contributed by atoms with Crippen molar-refractivity contribution in [2.45, 2.75) is 20.1 Å². The van der Waals surface area contributed by atoms with Crippen molar-refractivity contribution in [1.29, 1.82) is 0 Å². The van der Waals surface area contributed by atoms with Crippen LogP contribution in [0.5, 0.6) is 11.5 Å². The largest absolute Gasteiger partial charge is 0.493 e. The van der Waals surface area contributed by atoms with Crippen LogP contribution in [0.1, 0.15) is 16.7 Å². The molecule has 0 atom stereocenters.